The van der Waals surface area contributed by atoms with Crippen LogP contribution in [0, 0.1) is 28.6 Å². The van der Waals surface area contributed by atoms with E-state index in [2.05, 4.69) is 24.8 Å². The topological polar surface area (TPSA) is 27.0 Å². The van der Waals surface area contributed by atoms with Crippen LogP contribution in [-0.2, 0) is 0 Å². The van der Waals surface area contributed by atoms with Gasteiger partial charge in [0.15, 0.2) is 0 Å². The number of likely N-dealkylation sites (tertiary alicyclic amines) is 1. The Balaban J connectivity index is 2.02. The van der Waals surface area contributed by atoms with E-state index >= 15 is 0 Å². The first-order chi connectivity index (χ1) is 5.89. The van der Waals surface area contributed by atoms with Crippen molar-refractivity contribution < 1.29 is 0 Å². The molecule has 0 bridgehead atoms. The summed E-state index contributed by atoms with van der Waals surface area (Å²) in [6, 6.07) is 2.38. The van der Waals surface area contributed by atoms with Gasteiger partial charge in [0.25, 0.3) is 0 Å². The minimum Gasteiger partial charge on any atom is -0.285 e. The predicted octanol–water partition coefficient (Wildman–Crippen LogP) is 1.88. The summed E-state index contributed by atoms with van der Waals surface area (Å²) in [5, 5.41) is 8.99. The third kappa shape index (κ3) is 1.10. The largest absolute Gasteiger partial charge is 0.285 e. The van der Waals surface area contributed by atoms with Crippen LogP contribution in [0.4, 0.5) is 0 Å². The molecule has 2 heteroatoms. The first kappa shape index (κ1) is 9.02. The maximum absolute atomic E-state index is 8.99. The Morgan fingerprint density at radius 2 is 1.77 bits per heavy atom. The second kappa shape index (κ2) is 2.27. The number of fused-ring (bicyclic) bond motifs is 1. The molecule has 1 heterocycles. The maximum Gasteiger partial charge on any atom is 0.103 e. The molecule has 72 valence electrons. The van der Waals surface area contributed by atoms with Crippen LogP contribution < -0.4 is 0 Å². The van der Waals surface area contributed by atoms with Crippen LogP contribution in [0.1, 0.15) is 27.7 Å². The maximum atomic E-state index is 8.99. The van der Waals surface area contributed by atoms with Crippen LogP contribution in [0.3, 0.4) is 0 Å². The van der Waals surface area contributed by atoms with Crippen molar-refractivity contribution in [3.63, 3.8) is 0 Å². The Morgan fingerprint density at radius 1 is 1.31 bits per heavy atom. The molecule has 0 spiro atoms. The molecule has 0 amide bonds. The van der Waals surface area contributed by atoms with Crippen LogP contribution in [0.5, 0.6) is 0 Å². The molecule has 0 aromatic carbocycles. The van der Waals surface area contributed by atoms with Gasteiger partial charge in [-0.1, -0.05) is 13.8 Å². The van der Waals surface area contributed by atoms with E-state index in [1.165, 1.54) is 0 Å². The summed E-state index contributed by atoms with van der Waals surface area (Å²) in [6.07, 6.45) is 0. The fourth-order valence-corrected chi connectivity index (χ4v) is 2.66. The fraction of sp³-hybridized carbons (Fsp3) is 0.909. The molecule has 0 aromatic rings. The van der Waals surface area contributed by atoms with E-state index in [9.17, 15) is 0 Å². The standard InChI is InChI=1S/C11H18N2/c1-10(2,7-12)13-5-8-9(6-13)11(8,3)4/h8-9H,5-6H2,1-4H3. The average Bonchev–Trinajstić information content (AvgIpc) is 2.54. The van der Waals surface area contributed by atoms with E-state index in [0.717, 1.165) is 24.9 Å². The van der Waals surface area contributed by atoms with E-state index in [1.807, 2.05) is 13.8 Å². The summed E-state index contributed by atoms with van der Waals surface area (Å²) in [5.74, 6) is 1.69. The molecule has 2 rings (SSSR count). The lowest BCUT2D eigenvalue weighted by Crippen LogP contribution is -2.43. The van der Waals surface area contributed by atoms with Gasteiger partial charge in [-0.05, 0) is 31.1 Å². The molecule has 2 aliphatic rings. The van der Waals surface area contributed by atoms with Crippen molar-refractivity contribution in [2.24, 2.45) is 17.3 Å². The van der Waals surface area contributed by atoms with Crippen LogP contribution in [0.25, 0.3) is 0 Å². The Hall–Kier alpha value is -0.550. The number of piperidine rings is 1. The average molecular weight is 178 g/mol. The summed E-state index contributed by atoms with van der Waals surface area (Å²) >= 11 is 0. The van der Waals surface area contributed by atoms with Crippen LogP contribution in [-0.4, -0.2) is 23.5 Å². The quantitative estimate of drug-likeness (QED) is 0.613. The second-order valence-corrected chi connectivity index (χ2v) is 5.61. The molecule has 1 aliphatic heterocycles. The molecule has 1 saturated carbocycles. The number of hydrogen-bond donors (Lipinski definition) is 0. The molecule has 0 aromatic heterocycles. The first-order valence-electron chi connectivity index (χ1n) is 5.06. The highest BCUT2D eigenvalue weighted by atomic mass is 15.2. The molecule has 0 N–H and O–H groups in total. The van der Waals surface area contributed by atoms with Crippen molar-refractivity contribution in [2.75, 3.05) is 13.1 Å². The van der Waals surface area contributed by atoms with Gasteiger partial charge in [-0.2, -0.15) is 5.26 Å². The Morgan fingerprint density at radius 3 is 2.15 bits per heavy atom. The summed E-state index contributed by atoms with van der Waals surface area (Å²) in [6.45, 7) is 11.0. The van der Waals surface area contributed by atoms with Crippen LogP contribution in [0.2, 0.25) is 0 Å². The van der Waals surface area contributed by atoms with Crippen LogP contribution >= 0.6 is 0 Å². The SMILES string of the molecule is CC1(C)C2CN(C(C)(C)C#N)CC21. The highest BCUT2D eigenvalue weighted by Crippen LogP contribution is 2.62. The Labute approximate surface area is 80.5 Å². The molecule has 13 heavy (non-hydrogen) atoms. The third-order valence-corrected chi connectivity index (χ3v) is 4.19. The summed E-state index contributed by atoms with van der Waals surface area (Å²) in [5.41, 5.74) is 0.297. The van der Waals surface area contributed by atoms with E-state index < -0.39 is 0 Å². The van der Waals surface area contributed by atoms with Gasteiger partial charge in [-0.15, -0.1) is 0 Å². The van der Waals surface area contributed by atoms with E-state index in [1.54, 1.807) is 0 Å². The zero-order valence-corrected chi connectivity index (χ0v) is 8.96. The summed E-state index contributed by atoms with van der Waals surface area (Å²) in [4.78, 5) is 2.33. The molecule has 2 unspecified atom stereocenters. The highest BCUT2D eigenvalue weighted by molar-refractivity contribution is 5.16. The van der Waals surface area contributed by atoms with Crippen molar-refractivity contribution in [3.05, 3.63) is 0 Å². The molecule has 2 fully saturated rings. The Kier molecular flexibility index (Phi) is 1.58. The van der Waals surface area contributed by atoms with Gasteiger partial charge < -0.3 is 0 Å². The monoisotopic (exact) mass is 178 g/mol. The van der Waals surface area contributed by atoms with Gasteiger partial charge in [-0.3, -0.25) is 4.90 Å². The molecular weight excluding hydrogens is 160 g/mol. The molecule has 1 aliphatic carbocycles. The van der Waals surface area contributed by atoms with Gasteiger partial charge in [-0.25, -0.2) is 0 Å². The lowest BCUT2D eigenvalue weighted by molar-refractivity contribution is 0.165. The highest BCUT2D eigenvalue weighted by Gasteiger charge is 2.63. The third-order valence-electron chi connectivity index (χ3n) is 4.19. The van der Waals surface area contributed by atoms with Gasteiger partial charge in [0.1, 0.15) is 5.54 Å². The molecular formula is C11H18N2. The van der Waals surface area contributed by atoms with Crippen molar-refractivity contribution in [1.29, 1.82) is 5.26 Å². The second-order valence-electron chi connectivity index (χ2n) is 5.61. The molecule has 0 radical (unpaired) electrons. The van der Waals surface area contributed by atoms with Crippen molar-refractivity contribution in [3.8, 4) is 6.07 Å². The van der Waals surface area contributed by atoms with Crippen molar-refractivity contribution >= 4 is 0 Å². The number of nitriles is 1. The van der Waals surface area contributed by atoms with Gasteiger partial charge in [0.05, 0.1) is 6.07 Å². The lowest BCUT2D eigenvalue weighted by atomic mass is 10.0. The number of hydrogen-bond acceptors (Lipinski definition) is 2. The van der Waals surface area contributed by atoms with Crippen molar-refractivity contribution in [1.82, 2.24) is 4.90 Å². The molecule has 1 saturated heterocycles. The summed E-state index contributed by atoms with van der Waals surface area (Å²) < 4.78 is 0. The zero-order valence-electron chi connectivity index (χ0n) is 8.96. The molecule has 2 nitrogen and oxygen atoms in total. The van der Waals surface area contributed by atoms with Crippen molar-refractivity contribution in [2.45, 2.75) is 33.2 Å². The van der Waals surface area contributed by atoms with Gasteiger partial charge in [0.2, 0.25) is 0 Å². The Bertz CT molecular complexity index is 258. The van der Waals surface area contributed by atoms with Crippen LogP contribution in [0.15, 0.2) is 0 Å². The lowest BCUT2D eigenvalue weighted by Gasteiger charge is -2.31. The molecule has 2 atom stereocenters. The predicted molar refractivity (Wildman–Crippen MR) is 52.0 cm³/mol. The van der Waals surface area contributed by atoms with E-state index in [4.69, 9.17) is 5.26 Å². The fourth-order valence-electron chi connectivity index (χ4n) is 2.66. The zero-order chi connectivity index (χ0) is 9.85. The normalized spacial score (nSPS) is 36.8. The minimum absolute atomic E-state index is 0.260. The van der Waals surface area contributed by atoms with E-state index in [-0.39, 0.29) is 5.54 Å². The van der Waals surface area contributed by atoms with Gasteiger partial charge in [0, 0.05) is 13.1 Å². The smallest absolute Gasteiger partial charge is 0.103 e. The van der Waals surface area contributed by atoms with Gasteiger partial charge >= 0.3 is 0 Å². The summed E-state index contributed by atoms with van der Waals surface area (Å²) in [7, 11) is 0. The number of nitrogens with zero attached hydrogens (tertiary/aromatic N) is 2. The first-order valence-corrected chi connectivity index (χ1v) is 5.06. The number of rotatable bonds is 1. The minimum atomic E-state index is -0.260. The van der Waals surface area contributed by atoms with E-state index in [0.29, 0.717) is 5.41 Å².